The zero-order valence-electron chi connectivity index (χ0n) is 14.1. The summed E-state index contributed by atoms with van der Waals surface area (Å²) in [6.07, 6.45) is 2.17. The van der Waals surface area contributed by atoms with Gasteiger partial charge in [0.1, 0.15) is 0 Å². The lowest BCUT2D eigenvalue weighted by atomic mass is 9.69. The highest BCUT2D eigenvalue weighted by atomic mass is 16.7. The first kappa shape index (κ1) is 19.3. The topological polar surface area (TPSA) is 116 Å². The summed E-state index contributed by atoms with van der Waals surface area (Å²) in [5, 5.41) is 9.20. The molecule has 3 N–H and O–H groups in total. The van der Waals surface area contributed by atoms with Crippen molar-refractivity contribution in [1.29, 1.82) is 0 Å². The van der Waals surface area contributed by atoms with Crippen LogP contribution in [0.2, 0.25) is 0 Å². The molecule has 0 radical (unpaired) electrons. The highest BCUT2D eigenvalue weighted by Gasteiger charge is 2.40. The molecule has 0 bridgehead atoms. The normalized spacial score (nSPS) is 18.7. The molecule has 1 atom stereocenters. The molecule has 1 saturated carbocycles. The average molecular weight is 329 g/mol. The van der Waals surface area contributed by atoms with Gasteiger partial charge in [0.2, 0.25) is 6.29 Å². The molecule has 1 fully saturated rings. The van der Waals surface area contributed by atoms with Crippen molar-refractivity contribution in [2.75, 3.05) is 0 Å². The Hall–Kier alpha value is -1.79. The zero-order valence-corrected chi connectivity index (χ0v) is 14.1. The van der Waals surface area contributed by atoms with Crippen molar-refractivity contribution < 1.29 is 29.0 Å². The Balaban J connectivity index is 2.89. The number of esters is 1. The van der Waals surface area contributed by atoms with Gasteiger partial charge in [0.05, 0.1) is 11.8 Å². The van der Waals surface area contributed by atoms with Crippen molar-refractivity contribution in [1.82, 2.24) is 0 Å². The monoisotopic (exact) mass is 329 g/mol. The van der Waals surface area contributed by atoms with E-state index < -0.39 is 35.2 Å². The van der Waals surface area contributed by atoms with Crippen molar-refractivity contribution in [3.05, 3.63) is 0 Å². The Kier molecular flexibility index (Phi) is 6.41. The van der Waals surface area contributed by atoms with Crippen molar-refractivity contribution in [3.63, 3.8) is 0 Å². The molecule has 0 spiro atoms. The van der Waals surface area contributed by atoms with Crippen LogP contribution in [-0.4, -0.2) is 29.4 Å². The number of carboxylic acid groups (broad SMARTS) is 1. The van der Waals surface area contributed by atoms with E-state index in [-0.39, 0.29) is 12.8 Å². The second-order valence-electron chi connectivity index (χ2n) is 7.36. The standard InChI is InChI=1S/C16H27NO6/c1-15(2,3)13(20)22-12(23-14(17)21)10-16(9-11(18)19)7-5-4-6-8-16/h12H,4-10H2,1-3H3,(H2,17,21)(H,18,19). The average Bonchev–Trinajstić information content (AvgIpc) is 2.36. The van der Waals surface area contributed by atoms with Gasteiger partial charge in [-0.2, -0.15) is 0 Å². The molecule has 0 saturated heterocycles. The van der Waals surface area contributed by atoms with Crippen LogP contribution < -0.4 is 5.73 Å². The highest BCUT2D eigenvalue weighted by Crippen LogP contribution is 2.44. The third-order valence-electron chi connectivity index (χ3n) is 4.14. The molecule has 0 aromatic heterocycles. The molecule has 7 nitrogen and oxygen atoms in total. The van der Waals surface area contributed by atoms with E-state index in [0.717, 1.165) is 19.3 Å². The fourth-order valence-electron chi connectivity index (χ4n) is 2.96. The first-order chi connectivity index (χ1) is 10.5. The zero-order chi connectivity index (χ0) is 17.7. The summed E-state index contributed by atoms with van der Waals surface area (Å²) in [5.74, 6) is -1.43. The molecule has 1 unspecified atom stereocenters. The van der Waals surface area contributed by atoms with Gasteiger partial charge in [-0.05, 0) is 39.0 Å². The van der Waals surface area contributed by atoms with Crippen LogP contribution >= 0.6 is 0 Å². The minimum atomic E-state index is -1.16. The molecule has 1 amide bonds. The second-order valence-corrected chi connectivity index (χ2v) is 7.36. The lowest BCUT2D eigenvalue weighted by Crippen LogP contribution is -2.38. The van der Waals surface area contributed by atoms with E-state index in [0.29, 0.717) is 12.8 Å². The predicted octanol–water partition coefficient (Wildman–Crippen LogP) is 2.81. The third-order valence-corrected chi connectivity index (χ3v) is 4.14. The maximum atomic E-state index is 12.1. The van der Waals surface area contributed by atoms with Gasteiger partial charge in [0.15, 0.2) is 0 Å². The summed E-state index contributed by atoms with van der Waals surface area (Å²) >= 11 is 0. The summed E-state index contributed by atoms with van der Waals surface area (Å²) in [4.78, 5) is 34.4. The van der Waals surface area contributed by atoms with E-state index >= 15 is 0 Å². The molecule has 1 aliphatic carbocycles. The van der Waals surface area contributed by atoms with E-state index in [2.05, 4.69) is 0 Å². The third kappa shape index (κ3) is 6.46. The van der Waals surface area contributed by atoms with Crippen LogP contribution in [0.5, 0.6) is 0 Å². The summed E-state index contributed by atoms with van der Waals surface area (Å²) in [5.41, 5.74) is 3.76. The summed E-state index contributed by atoms with van der Waals surface area (Å²) in [7, 11) is 0. The Labute approximate surface area is 136 Å². The van der Waals surface area contributed by atoms with Crippen molar-refractivity contribution in [2.45, 2.75) is 72.0 Å². The Morgan fingerprint density at radius 1 is 1.13 bits per heavy atom. The van der Waals surface area contributed by atoms with E-state index in [1.54, 1.807) is 20.8 Å². The number of rotatable bonds is 6. The molecule has 23 heavy (non-hydrogen) atoms. The van der Waals surface area contributed by atoms with E-state index in [1.807, 2.05) is 0 Å². The minimum Gasteiger partial charge on any atom is -0.481 e. The summed E-state index contributed by atoms with van der Waals surface area (Å²) < 4.78 is 10.2. The molecule has 0 aromatic carbocycles. The van der Waals surface area contributed by atoms with Crippen LogP contribution in [-0.2, 0) is 19.1 Å². The molecular formula is C16H27NO6. The maximum absolute atomic E-state index is 12.1. The quantitative estimate of drug-likeness (QED) is 0.572. The summed E-state index contributed by atoms with van der Waals surface area (Å²) in [6.45, 7) is 5.05. The van der Waals surface area contributed by atoms with Gasteiger partial charge in [-0.15, -0.1) is 0 Å². The first-order valence-electron chi connectivity index (χ1n) is 7.93. The molecule has 0 aromatic rings. The Morgan fingerprint density at radius 3 is 2.13 bits per heavy atom. The molecule has 7 heteroatoms. The van der Waals surface area contributed by atoms with E-state index in [4.69, 9.17) is 15.2 Å². The Morgan fingerprint density at radius 2 is 1.70 bits per heavy atom. The smallest absolute Gasteiger partial charge is 0.407 e. The number of ether oxygens (including phenoxy) is 2. The van der Waals surface area contributed by atoms with E-state index in [1.165, 1.54) is 0 Å². The van der Waals surface area contributed by atoms with Gasteiger partial charge in [-0.3, -0.25) is 9.59 Å². The van der Waals surface area contributed by atoms with Crippen LogP contribution in [0.3, 0.4) is 0 Å². The summed E-state index contributed by atoms with van der Waals surface area (Å²) in [6, 6.07) is 0. The number of primary amides is 1. The predicted molar refractivity (Wildman–Crippen MR) is 82.4 cm³/mol. The van der Waals surface area contributed by atoms with Crippen LogP contribution in [0.15, 0.2) is 0 Å². The van der Waals surface area contributed by atoms with Gasteiger partial charge in [0, 0.05) is 6.42 Å². The number of carbonyl (C=O) groups is 3. The van der Waals surface area contributed by atoms with Crippen LogP contribution in [0.4, 0.5) is 4.79 Å². The number of carbonyl (C=O) groups excluding carboxylic acids is 2. The Bertz CT molecular complexity index is 448. The van der Waals surface area contributed by atoms with Crippen LogP contribution in [0, 0.1) is 10.8 Å². The van der Waals surface area contributed by atoms with Gasteiger partial charge >= 0.3 is 18.0 Å². The number of nitrogens with two attached hydrogens (primary N) is 1. The molecule has 1 aliphatic rings. The fraction of sp³-hybridized carbons (Fsp3) is 0.812. The molecule has 1 rings (SSSR count). The van der Waals surface area contributed by atoms with Gasteiger partial charge in [-0.1, -0.05) is 19.3 Å². The molecule has 0 aliphatic heterocycles. The highest BCUT2D eigenvalue weighted by molar-refractivity contribution is 5.75. The maximum Gasteiger partial charge on any atom is 0.407 e. The van der Waals surface area contributed by atoms with Crippen LogP contribution in [0.25, 0.3) is 0 Å². The number of aliphatic carboxylic acids is 1. The van der Waals surface area contributed by atoms with Crippen molar-refractivity contribution in [3.8, 4) is 0 Å². The number of amides is 1. The second kappa shape index (κ2) is 7.66. The van der Waals surface area contributed by atoms with Gasteiger partial charge in [0.25, 0.3) is 0 Å². The molecule has 0 heterocycles. The fourth-order valence-corrected chi connectivity index (χ4v) is 2.96. The largest absolute Gasteiger partial charge is 0.481 e. The lowest BCUT2D eigenvalue weighted by Gasteiger charge is -2.38. The van der Waals surface area contributed by atoms with E-state index in [9.17, 15) is 19.5 Å². The first-order valence-corrected chi connectivity index (χ1v) is 7.93. The number of carboxylic acids is 1. The minimum absolute atomic E-state index is 0.0430. The van der Waals surface area contributed by atoms with Crippen molar-refractivity contribution >= 4 is 18.0 Å². The molecular weight excluding hydrogens is 302 g/mol. The van der Waals surface area contributed by atoms with Crippen molar-refractivity contribution in [2.24, 2.45) is 16.6 Å². The van der Waals surface area contributed by atoms with Gasteiger partial charge < -0.3 is 20.3 Å². The SMILES string of the molecule is CC(C)(C)C(=O)OC(CC1(CC(=O)O)CCCCC1)OC(N)=O. The number of hydrogen-bond acceptors (Lipinski definition) is 5. The van der Waals surface area contributed by atoms with Gasteiger partial charge in [-0.25, -0.2) is 4.79 Å². The lowest BCUT2D eigenvalue weighted by molar-refractivity contribution is -0.183. The van der Waals surface area contributed by atoms with Crippen LogP contribution in [0.1, 0.15) is 65.7 Å². The number of hydrogen-bond donors (Lipinski definition) is 2. The molecule has 132 valence electrons.